The SMILES string of the molecule is COCC(O)Cc1ncc(C)cn1. The molecule has 0 spiro atoms. The van der Waals surface area contributed by atoms with Crippen molar-refractivity contribution in [3.8, 4) is 0 Å². The lowest BCUT2D eigenvalue weighted by molar-refractivity contribution is 0.0638. The number of nitrogens with zero attached hydrogens (tertiary/aromatic N) is 2. The number of aromatic nitrogens is 2. The van der Waals surface area contributed by atoms with Gasteiger partial charge in [-0.1, -0.05) is 0 Å². The molecule has 4 nitrogen and oxygen atoms in total. The highest BCUT2D eigenvalue weighted by Crippen LogP contribution is 1.98. The van der Waals surface area contributed by atoms with Crippen molar-refractivity contribution in [2.24, 2.45) is 0 Å². The second-order valence-corrected chi connectivity index (χ2v) is 2.99. The van der Waals surface area contributed by atoms with Gasteiger partial charge < -0.3 is 9.84 Å². The van der Waals surface area contributed by atoms with Gasteiger partial charge in [0.1, 0.15) is 5.82 Å². The molecule has 1 atom stereocenters. The van der Waals surface area contributed by atoms with E-state index in [1.165, 1.54) is 0 Å². The van der Waals surface area contributed by atoms with Crippen LogP contribution < -0.4 is 0 Å². The predicted molar refractivity (Wildman–Crippen MR) is 48.4 cm³/mol. The van der Waals surface area contributed by atoms with Crippen molar-refractivity contribution in [2.45, 2.75) is 19.4 Å². The summed E-state index contributed by atoms with van der Waals surface area (Å²) in [6.45, 7) is 2.24. The van der Waals surface area contributed by atoms with Gasteiger partial charge in [-0.2, -0.15) is 0 Å². The maximum atomic E-state index is 9.37. The number of rotatable bonds is 4. The third-order valence-corrected chi connectivity index (χ3v) is 1.61. The number of methoxy groups -OCH3 is 1. The summed E-state index contributed by atoms with van der Waals surface area (Å²) >= 11 is 0. The molecule has 72 valence electrons. The number of ether oxygens (including phenoxy) is 1. The molecule has 4 heteroatoms. The number of hydrogen-bond donors (Lipinski definition) is 1. The molecule has 0 aliphatic heterocycles. The first kappa shape index (κ1) is 10.1. The minimum absolute atomic E-state index is 0.317. The van der Waals surface area contributed by atoms with Gasteiger partial charge in [0.2, 0.25) is 0 Å². The fraction of sp³-hybridized carbons (Fsp3) is 0.556. The van der Waals surface area contributed by atoms with Crippen LogP contribution in [0.15, 0.2) is 12.4 Å². The van der Waals surface area contributed by atoms with Crippen LogP contribution in [0.3, 0.4) is 0 Å². The van der Waals surface area contributed by atoms with Crippen molar-refractivity contribution in [3.63, 3.8) is 0 Å². The second kappa shape index (κ2) is 4.89. The van der Waals surface area contributed by atoms with E-state index in [1.807, 2.05) is 6.92 Å². The Morgan fingerprint density at radius 3 is 2.62 bits per heavy atom. The second-order valence-electron chi connectivity index (χ2n) is 2.99. The molecular formula is C9H14N2O2. The Morgan fingerprint density at radius 1 is 1.46 bits per heavy atom. The normalized spacial score (nSPS) is 12.8. The minimum atomic E-state index is -0.521. The van der Waals surface area contributed by atoms with E-state index in [9.17, 15) is 5.11 Å². The van der Waals surface area contributed by atoms with Gasteiger partial charge in [-0.25, -0.2) is 9.97 Å². The summed E-state index contributed by atoms with van der Waals surface area (Å²) < 4.78 is 4.79. The Balaban J connectivity index is 2.49. The molecule has 0 amide bonds. The van der Waals surface area contributed by atoms with Crippen molar-refractivity contribution >= 4 is 0 Å². The van der Waals surface area contributed by atoms with Crippen molar-refractivity contribution in [3.05, 3.63) is 23.8 Å². The topological polar surface area (TPSA) is 55.2 Å². The highest BCUT2D eigenvalue weighted by molar-refractivity contribution is 5.02. The van der Waals surface area contributed by atoms with E-state index >= 15 is 0 Å². The van der Waals surface area contributed by atoms with E-state index in [-0.39, 0.29) is 0 Å². The van der Waals surface area contributed by atoms with Gasteiger partial charge in [0, 0.05) is 25.9 Å². The fourth-order valence-electron chi connectivity index (χ4n) is 0.987. The van der Waals surface area contributed by atoms with Crippen molar-refractivity contribution in [1.82, 2.24) is 9.97 Å². The van der Waals surface area contributed by atoms with Gasteiger partial charge >= 0.3 is 0 Å². The van der Waals surface area contributed by atoms with Gasteiger partial charge in [0.05, 0.1) is 12.7 Å². The fourth-order valence-corrected chi connectivity index (χ4v) is 0.987. The maximum absolute atomic E-state index is 9.37. The van der Waals surface area contributed by atoms with Gasteiger partial charge in [-0.3, -0.25) is 0 Å². The van der Waals surface area contributed by atoms with Crippen LogP contribution in [0, 0.1) is 6.92 Å². The quantitative estimate of drug-likeness (QED) is 0.729. The molecule has 0 radical (unpaired) electrons. The van der Waals surface area contributed by atoms with Crippen LogP contribution in [0.25, 0.3) is 0 Å². The molecule has 1 aromatic heterocycles. The summed E-state index contributed by atoms with van der Waals surface area (Å²) in [6, 6.07) is 0. The molecular weight excluding hydrogens is 168 g/mol. The summed E-state index contributed by atoms with van der Waals surface area (Å²) in [4.78, 5) is 8.15. The van der Waals surface area contributed by atoms with Gasteiger partial charge in [-0.15, -0.1) is 0 Å². The lowest BCUT2D eigenvalue weighted by Gasteiger charge is -2.07. The van der Waals surface area contributed by atoms with Crippen LogP contribution in [0.5, 0.6) is 0 Å². The van der Waals surface area contributed by atoms with Gasteiger partial charge in [0.15, 0.2) is 0 Å². The molecule has 0 bridgehead atoms. The predicted octanol–water partition coefficient (Wildman–Crippen LogP) is 0.335. The Hall–Kier alpha value is -1.00. The Bertz CT molecular complexity index is 248. The summed E-state index contributed by atoms with van der Waals surface area (Å²) in [7, 11) is 1.55. The van der Waals surface area contributed by atoms with E-state index < -0.39 is 6.10 Å². The van der Waals surface area contributed by atoms with Gasteiger partial charge in [0.25, 0.3) is 0 Å². The van der Waals surface area contributed by atoms with Crippen LogP contribution in [0.1, 0.15) is 11.4 Å². The van der Waals surface area contributed by atoms with Crippen molar-refractivity contribution < 1.29 is 9.84 Å². The van der Waals surface area contributed by atoms with Gasteiger partial charge in [-0.05, 0) is 12.5 Å². The highest BCUT2D eigenvalue weighted by Gasteiger charge is 2.06. The molecule has 1 unspecified atom stereocenters. The smallest absolute Gasteiger partial charge is 0.130 e. The monoisotopic (exact) mass is 182 g/mol. The zero-order chi connectivity index (χ0) is 9.68. The standard InChI is InChI=1S/C9H14N2O2/c1-7-4-10-9(11-5-7)3-8(12)6-13-2/h4-5,8,12H,3,6H2,1-2H3. The molecule has 1 aromatic rings. The number of aliphatic hydroxyl groups excluding tert-OH is 1. The first-order valence-corrected chi connectivity index (χ1v) is 4.17. The number of aryl methyl sites for hydroxylation is 1. The van der Waals surface area contributed by atoms with Crippen LogP contribution in [0.4, 0.5) is 0 Å². The molecule has 13 heavy (non-hydrogen) atoms. The van der Waals surface area contributed by atoms with Crippen molar-refractivity contribution in [1.29, 1.82) is 0 Å². The summed E-state index contributed by atoms with van der Waals surface area (Å²) in [6.07, 6.45) is 3.39. The minimum Gasteiger partial charge on any atom is -0.390 e. The lowest BCUT2D eigenvalue weighted by Crippen LogP contribution is -2.18. The zero-order valence-corrected chi connectivity index (χ0v) is 7.90. The zero-order valence-electron chi connectivity index (χ0n) is 7.90. The van der Waals surface area contributed by atoms with Crippen LogP contribution >= 0.6 is 0 Å². The van der Waals surface area contributed by atoms with E-state index in [0.717, 1.165) is 5.56 Å². The van der Waals surface area contributed by atoms with Crippen LogP contribution in [0.2, 0.25) is 0 Å². The van der Waals surface area contributed by atoms with E-state index in [0.29, 0.717) is 18.9 Å². The number of aliphatic hydroxyl groups is 1. The summed E-state index contributed by atoms with van der Waals surface area (Å²) in [5.74, 6) is 0.648. The van der Waals surface area contributed by atoms with Crippen molar-refractivity contribution in [2.75, 3.05) is 13.7 Å². The first-order valence-electron chi connectivity index (χ1n) is 4.17. The molecule has 1 heterocycles. The molecule has 0 saturated carbocycles. The molecule has 1 N–H and O–H groups in total. The largest absolute Gasteiger partial charge is 0.390 e. The molecule has 1 rings (SSSR count). The molecule has 0 aromatic carbocycles. The molecule has 0 aliphatic carbocycles. The maximum Gasteiger partial charge on any atom is 0.130 e. The molecule has 0 fully saturated rings. The summed E-state index contributed by atoms with van der Waals surface area (Å²) in [5, 5.41) is 9.37. The Labute approximate surface area is 77.6 Å². The lowest BCUT2D eigenvalue weighted by atomic mass is 10.2. The third kappa shape index (κ3) is 3.48. The van der Waals surface area contributed by atoms with Crippen LogP contribution in [-0.4, -0.2) is 34.9 Å². The summed E-state index contributed by atoms with van der Waals surface area (Å²) in [5.41, 5.74) is 1.02. The Morgan fingerprint density at radius 2 is 2.08 bits per heavy atom. The molecule has 0 aliphatic rings. The molecule has 0 saturated heterocycles. The average Bonchev–Trinajstić information content (AvgIpc) is 2.09. The van der Waals surface area contributed by atoms with E-state index in [2.05, 4.69) is 9.97 Å². The van der Waals surface area contributed by atoms with E-state index in [4.69, 9.17) is 4.74 Å². The average molecular weight is 182 g/mol. The highest BCUT2D eigenvalue weighted by atomic mass is 16.5. The Kier molecular flexibility index (Phi) is 3.79. The third-order valence-electron chi connectivity index (χ3n) is 1.61. The van der Waals surface area contributed by atoms with E-state index in [1.54, 1.807) is 19.5 Å². The first-order chi connectivity index (χ1) is 6.22. The van der Waals surface area contributed by atoms with Crippen LogP contribution in [-0.2, 0) is 11.2 Å². The number of hydrogen-bond acceptors (Lipinski definition) is 4.